The van der Waals surface area contributed by atoms with Gasteiger partial charge in [0.25, 0.3) is 0 Å². The Morgan fingerprint density at radius 3 is 2.44 bits per heavy atom. The van der Waals surface area contributed by atoms with E-state index in [-0.39, 0.29) is 12.1 Å². The average molecular weight is 129 g/mol. The summed E-state index contributed by atoms with van der Waals surface area (Å²) in [5.41, 5.74) is -0.0683. The molecule has 1 fully saturated rings. The first-order chi connectivity index (χ1) is 4.14. The summed E-state index contributed by atoms with van der Waals surface area (Å²) in [7, 11) is 0. The Balaban J connectivity index is 2.21. The predicted molar refractivity (Wildman–Crippen MR) is 37.3 cm³/mol. The maximum Gasteiger partial charge on any atom is 0.0607 e. The van der Waals surface area contributed by atoms with Crippen LogP contribution in [-0.4, -0.2) is 23.3 Å². The lowest BCUT2D eigenvalue weighted by Crippen LogP contribution is -2.43. The normalized spacial score (nSPS) is 20.3. The molecule has 9 heavy (non-hydrogen) atoms. The van der Waals surface area contributed by atoms with Crippen LogP contribution in [0.15, 0.2) is 0 Å². The fourth-order valence-electron chi connectivity index (χ4n) is 0.826. The highest BCUT2D eigenvalue weighted by atomic mass is 16.3. The third-order valence-corrected chi connectivity index (χ3v) is 1.57. The quantitative estimate of drug-likeness (QED) is 0.582. The van der Waals surface area contributed by atoms with Gasteiger partial charge in [0.15, 0.2) is 0 Å². The van der Waals surface area contributed by atoms with Crippen LogP contribution in [0, 0.1) is 0 Å². The van der Waals surface area contributed by atoms with E-state index < -0.39 is 0 Å². The van der Waals surface area contributed by atoms with Gasteiger partial charge in [0, 0.05) is 11.6 Å². The van der Waals surface area contributed by atoms with Crippen LogP contribution in [0.1, 0.15) is 26.7 Å². The Morgan fingerprint density at radius 1 is 1.56 bits per heavy atom. The Kier molecular flexibility index (Phi) is 1.78. The fraction of sp³-hybridized carbons (Fsp3) is 1.00. The molecule has 54 valence electrons. The van der Waals surface area contributed by atoms with Gasteiger partial charge < -0.3 is 10.4 Å². The molecular weight excluding hydrogens is 114 g/mol. The first-order valence-electron chi connectivity index (χ1n) is 3.52. The van der Waals surface area contributed by atoms with Crippen molar-refractivity contribution in [1.29, 1.82) is 0 Å². The molecule has 1 aliphatic rings. The van der Waals surface area contributed by atoms with E-state index in [9.17, 15) is 0 Å². The zero-order valence-corrected chi connectivity index (χ0v) is 6.15. The van der Waals surface area contributed by atoms with Gasteiger partial charge in [-0.05, 0) is 26.7 Å². The summed E-state index contributed by atoms with van der Waals surface area (Å²) in [4.78, 5) is 0. The molecule has 0 bridgehead atoms. The minimum Gasteiger partial charge on any atom is -0.394 e. The predicted octanol–water partition coefficient (Wildman–Crippen LogP) is 0.509. The molecule has 1 aliphatic carbocycles. The van der Waals surface area contributed by atoms with Gasteiger partial charge >= 0.3 is 0 Å². The van der Waals surface area contributed by atoms with E-state index in [1.54, 1.807) is 0 Å². The maximum absolute atomic E-state index is 8.81. The second-order valence-corrected chi connectivity index (χ2v) is 3.46. The van der Waals surface area contributed by atoms with Gasteiger partial charge in [0.1, 0.15) is 0 Å². The van der Waals surface area contributed by atoms with Gasteiger partial charge in [-0.1, -0.05) is 0 Å². The third-order valence-electron chi connectivity index (χ3n) is 1.57. The second-order valence-electron chi connectivity index (χ2n) is 3.46. The van der Waals surface area contributed by atoms with Crippen LogP contribution < -0.4 is 5.32 Å². The molecule has 0 saturated heterocycles. The average Bonchev–Trinajstić information content (AvgIpc) is 2.50. The van der Waals surface area contributed by atoms with E-state index in [2.05, 4.69) is 5.32 Å². The number of aliphatic hydroxyl groups is 1. The molecule has 0 radical (unpaired) electrons. The first-order valence-corrected chi connectivity index (χ1v) is 3.52. The lowest BCUT2D eigenvalue weighted by atomic mass is 10.1. The Bertz CT molecular complexity index is 97.1. The molecule has 0 atom stereocenters. The first kappa shape index (κ1) is 7.03. The molecule has 0 aliphatic heterocycles. The molecule has 2 N–H and O–H groups in total. The molecule has 2 nitrogen and oxygen atoms in total. The molecule has 1 rings (SSSR count). The van der Waals surface area contributed by atoms with E-state index in [0.29, 0.717) is 6.04 Å². The summed E-state index contributed by atoms with van der Waals surface area (Å²) in [6, 6.07) is 0.687. The zero-order chi connectivity index (χ0) is 6.91. The molecule has 0 spiro atoms. The van der Waals surface area contributed by atoms with Gasteiger partial charge in [-0.25, -0.2) is 0 Å². The Labute approximate surface area is 56.3 Å². The van der Waals surface area contributed by atoms with Crippen molar-refractivity contribution in [1.82, 2.24) is 5.32 Å². The zero-order valence-electron chi connectivity index (χ0n) is 6.15. The minimum atomic E-state index is -0.0683. The summed E-state index contributed by atoms with van der Waals surface area (Å²) < 4.78 is 0. The Hall–Kier alpha value is -0.0800. The van der Waals surface area contributed by atoms with Crippen LogP contribution in [0.25, 0.3) is 0 Å². The summed E-state index contributed by atoms with van der Waals surface area (Å²) in [5.74, 6) is 0. The van der Waals surface area contributed by atoms with Crippen LogP contribution in [0.5, 0.6) is 0 Å². The van der Waals surface area contributed by atoms with Crippen LogP contribution in [0.3, 0.4) is 0 Å². The van der Waals surface area contributed by atoms with Crippen molar-refractivity contribution in [3.8, 4) is 0 Å². The molecule has 0 aromatic rings. The summed E-state index contributed by atoms with van der Waals surface area (Å²) in [5, 5.41) is 12.1. The molecule has 0 amide bonds. The fourth-order valence-corrected chi connectivity index (χ4v) is 0.826. The van der Waals surface area contributed by atoms with Crippen molar-refractivity contribution < 1.29 is 5.11 Å². The van der Waals surface area contributed by atoms with Crippen LogP contribution in [-0.2, 0) is 0 Å². The van der Waals surface area contributed by atoms with Crippen LogP contribution in [0.2, 0.25) is 0 Å². The number of nitrogens with one attached hydrogen (secondary N) is 1. The largest absolute Gasteiger partial charge is 0.394 e. The molecule has 0 heterocycles. The monoisotopic (exact) mass is 129 g/mol. The van der Waals surface area contributed by atoms with E-state index in [0.717, 1.165) is 0 Å². The van der Waals surface area contributed by atoms with Gasteiger partial charge in [0.2, 0.25) is 0 Å². The SMILES string of the molecule is CC(C)(CO)NC1CC1. The Morgan fingerprint density at radius 2 is 2.11 bits per heavy atom. The number of hydrogen-bond donors (Lipinski definition) is 2. The highest BCUT2D eigenvalue weighted by Crippen LogP contribution is 2.21. The van der Waals surface area contributed by atoms with Crippen molar-refractivity contribution in [2.45, 2.75) is 38.3 Å². The summed E-state index contributed by atoms with van der Waals surface area (Å²) in [6.45, 7) is 4.26. The molecule has 0 aromatic carbocycles. The van der Waals surface area contributed by atoms with Crippen molar-refractivity contribution >= 4 is 0 Å². The molecule has 0 aromatic heterocycles. The molecule has 2 heteroatoms. The number of aliphatic hydroxyl groups excluding tert-OH is 1. The molecule has 1 saturated carbocycles. The highest BCUT2D eigenvalue weighted by Gasteiger charge is 2.27. The lowest BCUT2D eigenvalue weighted by Gasteiger charge is -2.22. The standard InChI is InChI=1S/C7H15NO/c1-7(2,5-9)8-6-3-4-6/h6,8-9H,3-5H2,1-2H3. The van der Waals surface area contributed by atoms with E-state index in [1.165, 1.54) is 12.8 Å². The van der Waals surface area contributed by atoms with Crippen molar-refractivity contribution in [3.05, 3.63) is 0 Å². The van der Waals surface area contributed by atoms with Crippen molar-refractivity contribution in [2.24, 2.45) is 0 Å². The topological polar surface area (TPSA) is 32.3 Å². The van der Waals surface area contributed by atoms with Gasteiger partial charge in [0.05, 0.1) is 6.61 Å². The third kappa shape index (κ3) is 2.33. The van der Waals surface area contributed by atoms with Crippen LogP contribution >= 0.6 is 0 Å². The maximum atomic E-state index is 8.81. The second kappa shape index (κ2) is 2.27. The van der Waals surface area contributed by atoms with Gasteiger partial charge in [-0.2, -0.15) is 0 Å². The van der Waals surface area contributed by atoms with E-state index >= 15 is 0 Å². The minimum absolute atomic E-state index is 0.0683. The van der Waals surface area contributed by atoms with Crippen molar-refractivity contribution in [2.75, 3.05) is 6.61 Å². The smallest absolute Gasteiger partial charge is 0.0607 e. The highest BCUT2D eigenvalue weighted by molar-refractivity contribution is 4.89. The number of rotatable bonds is 3. The van der Waals surface area contributed by atoms with Gasteiger partial charge in [-0.3, -0.25) is 0 Å². The molecule has 0 unspecified atom stereocenters. The number of hydrogen-bond acceptors (Lipinski definition) is 2. The summed E-state index contributed by atoms with van der Waals surface area (Å²) >= 11 is 0. The van der Waals surface area contributed by atoms with E-state index in [4.69, 9.17) is 5.11 Å². The van der Waals surface area contributed by atoms with E-state index in [1.807, 2.05) is 13.8 Å². The van der Waals surface area contributed by atoms with Gasteiger partial charge in [-0.15, -0.1) is 0 Å². The lowest BCUT2D eigenvalue weighted by molar-refractivity contribution is 0.187. The summed E-state index contributed by atoms with van der Waals surface area (Å²) in [6.07, 6.45) is 2.56. The van der Waals surface area contributed by atoms with Crippen molar-refractivity contribution in [3.63, 3.8) is 0 Å². The molecular formula is C7H15NO. The van der Waals surface area contributed by atoms with Crippen LogP contribution in [0.4, 0.5) is 0 Å².